The van der Waals surface area contributed by atoms with Crippen LogP contribution >= 0.6 is 11.6 Å². The van der Waals surface area contributed by atoms with Crippen LogP contribution in [0.15, 0.2) is 61.2 Å². The second kappa shape index (κ2) is 13.3. The zero-order chi connectivity index (χ0) is 29.7. The van der Waals surface area contributed by atoms with Crippen LogP contribution in [0.3, 0.4) is 0 Å². The average molecular weight is 611 g/mol. The van der Waals surface area contributed by atoms with Crippen LogP contribution in [0.4, 0.5) is 5.69 Å². The Bertz CT molecular complexity index is 1440. The second-order valence-electron chi connectivity index (χ2n) is 12.2. The van der Waals surface area contributed by atoms with Gasteiger partial charge in [0.05, 0.1) is 18.0 Å². The molecule has 42 heavy (non-hydrogen) atoms. The molecule has 1 spiro atoms. The number of ether oxygens (including phenoxy) is 1. The largest absolute Gasteiger partial charge is 0.490 e. The third-order valence-corrected chi connectivity index (χ3v) is 10.7. The van der Waals surface area contributed by atoms with Gasteiger partial charge in [0.1, 0.15) is 5.75 Å². The highest BCUT2D eigenvalue weighted by Gasteiger charge is 2.43. The van der Waals surface area contributed by atoms with E-state index in [1.54, 1.807) is 12.1 Å². The molecule has 0 unspecified atom stereocenters. The number of nitrogens with one attached hydrogen (secondary N) is 1. The van der Waals surface area contributed by atoms with Gasteiger partial charge in [0.2, 0.25) is 10.0 Å². The van der Waals surface area contributed by atoms with Crippen molar-refractivity contribution in [2.45, 2.75) is 70.1 Å². The van der Waals surface area contributed by atoms with Gasteiger partial charge in [-0.25, -0.2) is 13.1 Å². The molecule has 2 aromatic rings. The van der Waals surface area contributed by atoms with E-state index >= 15 is 0 Å². The van der Waals surface area contributed by atoms with Crippen molar-refractivity contribution in [3.05, 3.63) is 82.9 Å². The smallest absolute Gasteiger partial charge is 0.264 e. The summed E-state index contributed by atoms with van der Waals surface area (Å²) in [5.41, 5.74) is 3.55. The van der Waals surface area contributed by atoms with Gasteiger partial charge < -0.3 is 9.64 Å². The lowest BCUT2D eigenvalue weighted by Gasteiger charge is -2.44. The Kier molecular flexibility index (Phi) is 9.68. The normalized spacial score (nSPS) is 23.4. The molecule has 0 saturated heterocycles. The number of fused-ring (bicyclic) bond motifs is 3. The first kappa shape index (κ1) is 30.7. The highest BCUT2D eigenvalue weighted by molar-refractivity contribution is 7.90. The molecule has 0 bridgehead atoms. The summed E-state index contributed by atoms with van der Waals surface area (Å²) in [6.45, 7) is 8.00. The number of carbonyl (C=O) groups excluding carboxylic acids is 1. The van der Waals surface area contributed by atoms with Crippen molar-refractivity contribution in [1.82, 2.24) is 4.72 Å². The number of unbranched alkanes of at least 4 members (excludes halogenated alkanes) is 2. The van der Waals surface area contributed by atoms with Crippen LogP contribution in [-0.2, 0) is 21.9 Å². The first-order valence-corrected chi connectivity index (χ1v) is 17.4. The van der Waals surface area contributed by atoms with Crippen LogP contribution in [0.5, 0.6) is 5.75 Å². The quantitative estimate of drug-likeness (QED) is 0.215. The second-order valence-corrected chi connectivity index (χ2v) is 14.5. The van der Waals surface area contributed by atoms with Crippen molar-refractivity contribution in [2.75, 3.05) is 30.3 Å². The zero-order valence-electron chi connectivity index (χ0n) is 24.6. The first-order valence-electron chi connectivity index (χ1n) is 15.4. The minimum absolute atomic E-state index is 0.120. The number of nitrogens with zero attached hydrogens (tertiary/aromatic N) is 1. The van der Waals surface area contributed by atoms with E-state index in [0.29, 0.717) is 36.8 Å². The summed E-state index contributed by atoms with van der Waals surface area (Å²) < 4.78 is 33.9. The van der Waals surface area contributed by atoms with Crippen LogP contribution in [-0.4, -0.2) is 39.8 Å². The molecule has 3 atom stereocenters. The molecule has 3 aliphatic rings. The van der Waals surface area contributed by atoms with E-state index in [-0.39, 0.29) is 11.2 Å². The number of aryl methyl sites for hydroxylation is 1. The molecule has 226 valence electrons. The summed E-state index contributed by atoms with van der Waals surface area (Å²) in [4.78, 5) is 15.6. The van der Waals surface area contributed by atoms with E-state index in [1.807, 2.05) is 18.2 Å². The van der Waals surface area contributed by atoms with Gasteiger partial charge in [0.25, 0.3) is 5.91 Å². The number of allylic oxidation sites excluding steroid dienone is 3. The molecule has 0 radical (unpaired) electrons. The van der Waals surface area contributed by atoms with Gasteiger partial charge in [-0.2, -0.15) is 0 Å². The molecular formula is C34H43ClN2O4S. The van der Waals surface area contributed by atoms with Crippen molar-refractivity contribution in [1.29, 1.82) is 0 Å². The highest BCUT2D eigenvalue weighted by Crippen LogP contribution is 2.46. The number of hydrogen-bond donors (Lipinski definition) is 1. The van der Waals surface area contributed by atoms with E-state index < -0.39 is 15.9 Å². The monoisotopic (exact) mass is 610 g/mol. The van der Waals surface area contributed by atoms with Crippen LogP contribution < -0.4 is 14.4 Å². The van der Waals surface area contributed by atoms with Crippen molar-refractivity contribution < 1.29 is 17.9 Å². The first-order chi connectivity index (χ1) is 20.2. The summed E-state index contributed by atoms with van der Waals surface area (Å²) in [5.74, 6) is 1.06. The maximum Gasteiger partial charge on any atom is 0.264 e. The van der Waals surface area contributed by atoms with E-state index in [1.165, 1.54) is 17.5 Å². The standard InChI is InChI=1S/C34H43ClN2O4S/c1-3-5-7-10-25-12-13-28(25)22-37-23-34(18-9-11-26-20-29(35)15-16-30(26)34)24-41-32-17-14-27(21-31(32)37)33(38)36-42(39,40)19-8-6-4-2/h4,7,10,14-17,20-21,25,28H,2-3,5-6,8-9,11-13,18-19,22-24H2,1H3,(H,36,38)/b10-7+/t25-,28+,34+/m1/s1. The number of benzene rings is 2. The van der Waals surface area contributed by atoms with Gasteiger partial charge in [-0.1, -0.05) is 49.2 Å². The lowest BCUT2D eigenvalue weighted by atomic mass is 9.69. The van der Waals surface area contributed by atoms with Crippen molar-refractivity contribution in [3.63, 3.8) is 0 Å². The van der Waals surface area contributed by atoms with Gasteiger partial charge in [-0.05, 0) is 105 Å². The Balaban J connectivity index is 1.46. The van der Waals surface area contributed by atoms with Gasteiger partial charge in [0, 0.05) is 29.1 Å². The summed E-state index contributed by atoms with van der Waals surface area (Å²) in [6, 6.07) is 11.6. The summed E-state index contributed by atoms with van der Waals surface area (Å²) in [6.07, 6.45) is 15.0. The Hall–Kier alpha value is -2.77. The van der Waals surface area contributed by atoms with Crippen molar-refractivity contribution in [3.8, 4) is 5.75 Å². The van der Waals surface area contributed by atoms with Gasteiger partial charge in [-0.15, -0.1) is 6.58 Å². The van der Waals surface area contributed by atoms with Crippen LogP contribution in [0.25, 0.3) is 0 Å². The third kappa shape index (κ3) is 6.89. The van der Waals surface area contributed by atoms with E-state index in [9.17, 15) is 13.2 Å². The predicted molar refractivity (Wildman–Crippen MR) is 171 cm³/mol. The lowest BCUT2D eigenvalue weighted by molar-refractivity contribution is 0.0981. The van der Waals surface area contributed by atoms with Gasteiger partial charge >= 0.3 is 0 Å². The molecule has 8 heteroatoms. The fraction of sp³-hybridized carbons (Fsp3) is 0.500. The summed E-state index contributed by atoms with van der Waals surface area (Å²) in [5, 5.41) is 0.756. The molecule has 1 fully saturated rings. The molecule has 0 aromatic heterocycles. The Morgan fingerprint density at radius 3 is 2.83 bits per heavy atom. The van der Waals surface area contributed by atoms with E-state index in [2.05, 4.69) is 47.4 Å². The maximum absolute atomic E-state index is 13.2. The molecule has 1 saturated carbocycles. The Morgan fingerprint density at radius 1 is 1.21 bits per heavy atom. The molecule has 1 aliphatic heterocycles. The minimum Gasteiger partial charge on any atom is -0.490 e. The Labute approximate surface area is 256 Å². The molecule has 1 heterocycles. The van der Waals surface area contributed by atoms with Crippen LogP contribution in [0, 0.1) is 11.8 Å². The van der Waals surface area contributed by atoms with Crippen molar-refractivity contribution >= 4 is 33.2 Å². The lowest BCUT2D eigenvalue weighted by Crippen LogP contribution is -2.48. The average Bonchev–Trinajstić information content (AvgIpc) is 3.10. The minimum atomic E-state index is -3.75. The number of rotatable bonds is 11. The highest BCUT2D eigenvalue weighted by atomic mass is 35.5. The fourth-order valence-corrected chi connectivity index (χ4v) is 7.96. The Morgan fingerprint density at radius 2 is 2.07 bits per heavy atom. The molecule has 6 nitrogen and oxygen atoms in total. The molecule has 1 amide bonds. The van der Waals surface area contributed by atoms with Gasteiger partial charge in [0.15, 0.2) is 0 Å². The molecule has 5 rings (SSSR count). The number of anilines is 1. The van der Waals surface area contributed by atoms with Crippen LogP contribution in [0.2, 0.25) is 5.02 Å². The molecule has 2 aliphatic carbocycles. The number of hydrogen-bond acceptors (Lipinski definition) is 5. The topological polar surface area (TPSA) is 75.7 Å². The fourth-order valence-electron chi connectivity index (χ4n) is 6.72. The zero-order valence-corrected chi connectivity index (χ0v) is 26.2. The number of sulfonamides is 1. The van der Waals surface area contributed by atoms with Gasteiger partial charge in [-0.3, -0.25) is 4.79 Å². The molecule has 2 aromatic carbocycles. The number of amides is 1. The SMILES string of the molecule is C=CCCCS(=O)(=O)NC(=O)c1ccc2c(c1)N(C[C@@H]1CC[C@H]1/C=C/CCC)C[C@@]1(CCCc3cc(Cl)ccc31)CO2. The number of carbonyl (C=O) groups is 1. The van der Waals surface area contributed by atoms with E-state index in [4.69, 9.17) is 16.3 Å². The maximum atomic E-state index is 13.2. The van der Waals surface area contributed by atoms with Crippen molar-refractivity contribution in [2.24, 2.45) is 11.8 Å². The number of halogens is 1. The summed E-state index contributed by atoms with van der Waals surface area (Å²) in [7, 11) is -3.75. The van der Waals surface area contributed by atoms with Crippen LogP contribution in [0.1, 0.15) is 79.8 Å². The summed E-state index contributed by atoms with van der Waals surface area (Å²) >= 11 is 6.40. The predicted octanol–water partition coefficient (Wildman–Crippen LogP) is 7.22. The van der Waals surface area contributed by atoms with E-state index in [0.717, 1.165) is 68.1 Å². The third-order valence-electron chi connectivity index (χ3n) is 9.14. The molecular weight excluding hydrogens is 568 g/mol. The molecule has 1 N–H and O–H groups in total.